The smallest absolute Gasteiger partial charge is 0.411 e. The first-order valence-corrected chi connectivity index (χ1v) is 35.8. The number of amides is 1. The molecule has 4 unspecified atom stereocenters. The van der Waals surface area contributed by atoms with Gasteiger partial charge in [-0.05, 0) is 72.0 Å². The average molecular weight is 965 g/mol. The molecule has 0 aliphatic carbocycles. The van der Waals surface area contributed by atoms with Gasteiger partial charge in [0.05, 0.1) is 0 Å². The van der Waals surface area contributed by atoms with Crippen LogP contribution in [0.3, 0.4) is 0 Å². The van der Waals surface area contributed by atoms with E-state index in [0.29, 0.717) is 65.3 Å². The van der Waals surface area contributed by atoms with Crippen LogP contribution in [0.25, 0.3) is 0 Å². The first-order chi connectivity index (χ1) is 27.0. The number of hydrogen-bond donors (Lipinski definition) is 3. The van der Waals surface area contributed by atoms with Crippen LogP contribution in [0, 0.1) is 0 Å². The third kappa shape index (κ3) is 33.0. The summed E-state index contributed by atoms with van der Waals surface area (Å²) in [5.41, 5.74) is 0. The van der Waals surface area contributed by atoms with Gasteiger partial charge in [0, 0.05) is 107 Å². The lowest BCUT2D eigenvalue weighted by molar-refractivity contribution is -0.119. The fourth-order valence-corrected chi connectivity index (χ4v) is 23.9. The second-order valence-electron chi connectivity index (χ2n) is 13.6. The van der Waals surface area contributed by atoms with Gasteiger partial charge in [-0.15, -0.1) is 0 Å². The molecule has 0 aromatic carbocycles. The van der Waals surface area contributed by atoms with Crippen LogP contribution in [0.1, 0.15) is 93.9 Å². The Kier molecular flexibility index (Phi) is 37.6. The van der Waals surface area contributed by atoms with Crippen LogP contribution in [-0.2, 0) is 65.5 Å². The van der Waals surface area contributed by atoms with Crippen LogP contribution in [0.5, 0.6) is 0 Å². The Labute approximate surface area is 360 Å². The topological polar surface area (TPSA) is 199 Å². The van der Waals surface area contributed by atoms with Gasteiger partial charge in [-0.25, -0.2) is 0 Å². The third-order valence-corrected chi connectivity index (χ3v) is 25.8. The maximum absolute atomic E-state index is 10.9. The summed E-state index contributed by atoms with van der Waals surface area (Å²) in [6.07, 6.45) is 4.99. The van der Waals surface area contributed by atoms with Crippen LogP contribution in [0.15, 0.2) is 0 Å². The molecule has 352 valence electrons. The fourth-order valence-electron chi connectivity index (χ4n) is 4.59. The highest BCUT2D eigenvalue weighted by Gasteiger charge is 2.55. The predicted molar refractivity (Wildman–Crippen MR) is 239 cm³/mol. The molecule has 3 N–H and O–H groups in total. The number of hydrogen-bond acceptors (Lipinski definition) is 17. The monoisotopic (exact) mass is 963 g/mol. The Morgan fingerprint density at radius 3 is 1.45 bits per heavy atom. The fraction of sp³-hybridized carbons (Fsp3) is 0.970. The number of rotatable bonds is 34. The van der Waals surface area contributed by atoms with E-state index in [1.807, 2.05) is 54.6 Å². The van der Waals surface area contributed by atoms with Gasteiger partial charge in [0.1, 0.15) is 0 Å². The van der Waals surface area contributed by atoms with E-state index in [9.17, 15) is 9.59 Å². The highest BCUT2D eigenvalue weighted by molar-refractivity contribution is 6.81. The molecule has 0 aliphatic heterocycles. The van der Waals surface area contributed by atoms with Crippen molar-refractivity contribution in [2.24, 2.45) is 0 Å². The van der Waals surface area contributed by atoms with Crippen LogP contribution in [-0.4, -0.2) is 152 Å². The standard InChI is InChI=1S/C16H42O8Si4.C12H29NO7Si2.C5H14O2Si/c1-9-13-18-25(5)22-27(7,20-15-11-3)24-28(8,21-16-12-4)23-26(6,17)19-14-10-2;1-7-18-21(19-8-2,11-9-10-13-12(3)14)20-22(15-4,16-5)17-6;1-4-5-7-8(2,3)6/h17,25H,9-16H2,1-8H3;7-11H2,1-6H3,(H,13,14);6H,4-5H2,1-3H3. The van der Waals surface area contributed by atoms with Gasteiger partial charge >= 0.3 is 62.1 Å². The summed E-state index contributed by atoms with van der Waals surface area (Å²) in [4.78, 5) is 30.6. The Balaban J connectivity index is -0.000000893. The van der Waals surface area contributed by atoms with E-state index in [-0.39, 0.29) is 5.91 Å². The van der Waals surface area contributed by atoms with Gasteiger partial charge in [0.25, 0.3) is 0 Å². The Bertz CT molecular complexity index is 979. The molecule has 1 amide bonds. The first-order valence-electron chi connectivity index (χ1n) is 20.6. The summed E-state index contributed by atoms with van der Waals surface area (Å²) in [6, 6.07) is 0.528. The zero-order valence-electron chi connectivity index (χ0n) is 39.2. The molecular weight excluding hydrogens is 879 g/mol. The minimum absolute atomic E-state index is 0.0737. The van der Waals surface area contributed by atoms with E-state index in [1.165, 1.54) is 28.3 Å². The van der Waals surface area contributed by atoms with Crippen molar-refractivity contribution < 1.29 is 75.1 Å². The molecule has 4 atom stereocenters. The second-order valence-corrected chi connectivity index (χ2v) is 32.4. The highest BCUT2D eigenvalue weighted by Crippen LogP contribution is 2.26. The van der Waals surface area contributed by atoms with Crippen molar-refractivity contribution in [3.63, 3.8) is 0 Å². The van der Waals surface area contributed by atoms with Crippen molar-refractivity contribution in [3.05, 3.63) is 0 Å². The van der Waals surface area contributed by atoms with Gasteiger partial charge < -0.3 is 75.6 Å². The van der Waals surface area contributed by atoms with Gasteiger partial charge in [-0.3, -0.25) is 4.79 Å². The summed E-state index contributed by atoms with van der Waals surface area (Å²) in [5.74, 6) is -0.0737. The maximum atomic E-state index is 10.9. The molecule has 25 heteroatoms. The number of carbonyl (C=O) groups is 1. The molecule has 0 rings (SSSR count). The summed E-state index contributed by atoms with van der Waals surface area (Å²) in [6.45, 7) is 30.1. The molecule has 0 saturated heterocycles. The highest BCUT2D eigenvalue weighted by atomic mass is 28.5. The van der Waals surface area contributed by atoms with E-state index < -0.39 is 62.1 Å². The largest absolute Gasteiger partial charge is 0.671 e. The summed E-state index contributed by atoms with van der Waals surface area (Å²) < 4.78 is 80.5. The number of nitrogens with one attached hydrogen (secondary N) is 1. The Morgan fingerprint density at radius 1 is 0.603 bits per heavy atom. The zero-order chi connectivity index (χ0) is 45.4. The van der Waals surface area contributed by atoms with E-state index >= 15 is 0 Å². The van der Waals surface area contributed by atoms with E-state index in [4.69, 9.17) is 65.5 Å². The lowest BCUT2D eigenvalue weighted by Gasteiger charge is -2.38. The summed E-state index contributed by atoms with van der Waals surface area (Å²) in [7, 11) is -15.8. The van der Waals surface area contributed by atoms with Crippen molar-refractivity contribution in [1.29, 1.82) is 0 Å². The zero-order valence-corrected chi connectivity index (χ0v) is 46.4. The van der Waals surface area contributed by atoms with Crippen molar-refractivity contribution in [3.8, 4) is 0 Å². The van der Waals surface area contributed by atoms with Crippen LogP contribution >= 0.6 is 0 Å². The van der Waals surface area contributed by atoms with Gasteiger partial charge in [-0.1, -0.05) is 34.6 Å². The molecule has 0 aliphatic rings. The van der Waals surface area contributed by atoms with E-state index in [0.717, 1.165) is 32.1 Å². The van der Waals surface area contributed by atoms with Crippen molar-refractivity contribution in [1.82, 2.24) is 5.32 Å². The molecule has 0 bridgehead atoms. The molecule has 0 spiro atoms. The normalized spacial score (nSPS) is 15.8. The van der Waals surface area contributed by atoms with Crippen LogP contribution in [0.4, 0.5) is 0 Å². The molecule has 0 heterocycles. The van der Waals surface area contributed by atoms with Gasteiger partial charge in [0.2, 0.25) is 5.91 Å². The Hall–Kier alpha value is 0.348. The minimum Gasteiger partial charge on any atom is -0.411 e. The van der Waals surface area contributed by atoms with Crippen molar-refractivity contribution in [2.45, 2.75) is 139 Å². The van der Waals surface area contributed by atoms with E-state index in [2.05, 4.69) is 12.2 Å². The molecule has 18 nitrogen and oxygen atoms in total. The molecular formula is C33H85NO17Si7. The quantitative estimate of drug-likeness (QED) is 0.0553. The lowest BCUT2D eigenvalue weighted by atomic mass is 10.5. The van der Waals surface area contributed by atoms with Crippen molar-refractivity contribution >= 4 is 68.0 Å². The molecule has 0 fully saturated rings. The van der Waals surface area contributed by atoms with Crippen LogP contribution in [0.2, 0.25) is 45.3 Å². The first kappa shape index (κ1) is 62.6. The summed E-state index contributed by atoms with van der Waals surface area (Å²) in [5, 5.41) is 2.74. The van der Waals surface area contributed by atoms with Gasteiger partial charge in [0.15, 0.2) is 0 Å². The SMILES string of the molecule is CCCO[SiH](C)O[Si](C)(OCCC)O[Si](C)(OCCC)O[Si](C)(O)OCCC.CCCO[Si](C)(C)O.CCO[Si](CCCNC(C)=O)(OCC)O[Si](OC)(OC)OC. The van der Waals surface area contributed by atoms with E-state index in [1.54, 1.807) is 26.2 Å². The molecule has 58 heavy (non-hydrogen) atoms. The Morgan fingerprint density at radius 2 is 1.05 bits per heavy atom. The number of carbonyl (C=O) groups excluding carboxylic acids is 1. The van der Waals surface area contributed by atoms with Gasteiger partial charge in [-0.2, -0.15) is 0 Å². The molecule has 0 aromatic rings. The predicted octanol–water partition coefficient (Wildman–Crippen LogP) is 5.31. The second kappa shape index (κ2) is 34.8. The lowest BCUT2D eigenvalue weighted by Crippen LogP contribution is -2.61. The molecule has 0 saturated carbocycles. The molecule has 0 radical (unpaired) electrons. The third-order valence-electron chi connectivity index (χ3n) is 6.85. The summed E-state index contributed by atoms with van der Waals surface area (Å²) >= 11 is 0. The van der Waals surface area contributed by atoms with Crippen LogP contribution < -0.4 is 5.32 Å². The average Bonchev–Trinajstić information content (AvgIpc) is 3.14. The minimum atomic E-state index is -3.40. The molecule has 0 aromatic heterocycles. The maximum Gasteiger partial charge on any atom is 0.671 e. The van der Waals surface area contributed by atoms with Crippen molar-refractivity contribution in [2.75, 3.05) is 74.1 Å².